The van der Waals surface area contributed by atoms with Gasteiger partial charge in [-0.25, -0.2) is 27.7 Å². The van der Waals surface area contributed by atoms with Crippen LogP contribution in [-0.2, 0) is 33.8 Å². The summed E-state index contributed by atoms with van der Waals surface area (Å²) in [7, 11) is -2.04. The normalized spacial score (nSPS) is 12.3. The standard InChI is InChI=1S/C41H82NO5.CH4O4S/c1-5-8-10-12-14-16-18-20-22-24-26-28-30-32-34-36-40(44)46-42(4,38-39(43)7-3)47-41(45)37-35-33-31-29-27-25-23-21-19-17-15-13-11-9-6-2;1-5-6(2,3)4/h39,43H,5-38H2,1-4H3;1H3,(H,2,3,4)/q+1;/p-1. The number of unbranched alkanes of at least 4 members (excludes halogenated alkanes) is 28. The van der Waals surface area contributed by atoms with E-state index < -0.39 is 21.3 Å². The number of quaternary nitrogens is 1. The molecule has 0 saturated carbocycles. The van der Waals surface area contributed by atoms with Gasteiger partial charge in [0.15, 0.2) is 13.6 Å². The Balaban J connectivity index is 0. The van der Waals surface area contributed by atoms with Crippen molar-refractivity contribution in [3.05, 3.63) is 0 Å². The molecule has 0 aromatic heterocycles. The predicted molar refractivity (Wildman–Crippen MR) is 215 cm³/mol. The molecule has 0 bridgehead atoms. The lowest BCUT2D eigenvalue weighted by Crippen LogP contribution is -2.51. The number of aliphatic hydroxyl groups is 1. The van der Waals surface area contributed by atoms with Crippen LogP contribution in [0.2, 0.25) is 0 Å². The fraction of sp³-hybridized carbons (Fsp3) is 0.952. The molecule has 10 nitrogen and oxygen atoms in total. The molecule has 0 rings (SSSR count). The highest BCUT2D eigenvalue weighted by molar-refractivity contribution is 7.80. The second kappa shape index (κ2) is 39.0. The Morgan fingerprint density at radius 2 is 0.755 bits per heavy atom. The number of carbonyl (C=O) groups excluding carboxylic acids is 2. The van der Waals surface area contributed by atoms with Crippen LogP contribution in [0.5, 0.6) is 0 Å². The zero-order valence-electron chi connectivity index (χ0n) is 35.2. The smallest absolute Gasteiger partial charge is 0.372 e. The van der Waals surface area contributed by atoms with Gasteiger partial charge in [0, 0.05) is 4.81 Å². The number of likely N-dealkylation sites (N-methyl/N-ethyl adjacent to an activating group) is 1. The Hall–Kier alpha value is -1.27. The van der Waals surface area contributed by atoms with Gasteiger partial charge in [0.05, 0.1) is 20.0 Å². The van der Waals surface area contributed by atoms with Gasteiger partial charge in [0.1, 0.15) is 6.10 Å². The molecular weight excluding hydrogens is 695 g/mol. The molecule has 0 fully saturated rings. The van der Waals surface area contributed by atoms with Gasteiger partial charge in [0.2, 0.25) is 10.4 Å². The molecule has 0 heterocycles. The topological polar surface area (TPSA) is 139 Å². The molecule has 53 heavy (non-hydrogen) atoms. The van der Waals surface area contributed by atoms with Crippen LogP contribution in [0.25, 0.3) is 0 Å². The van der Waals surface area contributed by atoms with Crippen LogP contribution >= 0.6 is 0 Å². The first-order valence-electron chi connectivity index (χ1n) is 21.9. The van der Waals surface area contributed by atoms with Crippen molar-refractivity contribution in [2.45, 2.75) is 239 Å². The van der Waals surface area contributed by atoms with Gasteiger partial charge >= 0.3 is 11.9 Å². The Bertz CT molecular complexity index is 868. The minimum Gasteiger partial charge on any atom is -0.726 e. The molecule has 0 aromatic rings. The summed E-state index contributed by atoms with van der Waals surface area (Å²) >= 11 is 0. The summed E-state index contributed by atoms with van der Waals surface area (Å²) in [4.78, 5) is 35.9. The van der Waals surface area contributed by atoms with Crippen molar-refractivity contribution >= 4 is 22.3 Å². The second-order valence-corrected chi connectivity index (χ2v) is 16.3. The Labute approximate surface area is 327 Å². The Morgan fingerprint density at radius 3 is 0.962 bits per heavy atom. The Kier molecular flexibility index (Phi) is 39.6. The highest BCUT2D eigenvalue weighted by atomic mass is 32.3. The minimum atomic E-state index is -4.41. The van der Waals surface area contributed by atoms with Crippen molar-refractivity contribution in [1.82, 2.24) is 0 Å². The molecule has 0 aliphatic carbocycles. The number of aliphatic hydroxyl groups excluding tert-OH is 1. The summed E-state index contributed by atoms with van der Waals surface area (Å²) in [5.41, 5.74) is 0. The van der Waals surface area contributed by atoms with E-state index in [1.807, 2.05) is 6.92 Å². The van der Waals surface area contributed by atoms with Gasteiger partial charge in [-0.3, -0.25) is 4.18 Å². The van der Waals surface area contributed by atoms with E-state index in [9.17, 15) is 27.7 Å². The highest BCUT2D eigenvalue weighted by Gasteiger charge is 2.36. The van der Waals surface area contributed by atoms with E-state index in [4.69, 9.17) is 9.68 Å². The fourth-order valence-corrected chi connectivity index (χ4v) is 6.41. The number of carbonyl (C=O) groups is 2. The van der Waals surface area contributed by atoms with Crippen molar-refractivity contribution in [3.8, 4) is 0 Å². The minimum absolute atomic E-state index is 0.0473. The molecule has 0 spiro atoms. The molecule has 1 atom stereocenters. The van der Waals surface area contributed by atoms with Crippen LogP contribution in [0.4, 0.5) is 0 Å². The van der Waals surface area contributed by atoms with E-state index in [-0.39, 0.29) is 18.5 Å². The maximum Gasteiger partial charge on any atom is 0.372 e. The van der Waals surface area contributed by atoms with Crippen molar-refractivity contribution in [2.75, 3.05) is 20.7 Å². The largest absolute Gasteiger partial charge is 0.726 e. The van der Waals surface area contributed by atoms with Crippen molar-refractivity contribution in [1.29, 1.82) is 0 Å². The molecule has 318 valence electrons. The average molecular weight is 780 g/mol. The number of hydroxylamine groups is 4. The first-order valence-corrected chi connectivity index (χ1v) is 23.3. The highest BCUT2D eigenvalue weighted by Crippen LogP contribution is 2.18. The molecule has 0 aromatic carbocycles. The second-order valence-electron chi connectivity index (χ2n) is 15.2. The lowest BCUT2D eigenvalue weighted by Gasteiger charge is -2.28. The van der Waals surface area contributed by atoms with Crippen LogP contribution in [-0.4, -0.2) is 61.6 Å². The zero-order valence-corrected chi connectivity index (χ0v) is 36.0. The summed E-state index contributed by atoms with van der Waals surface area (Å²) in [6, 6.07) is 0. The van der Waals surface area contributed by atoms with Crippen molar-refractivity contribution in [2.24, 2.45) is 0 Å². The molecule has 0 aliphatic heterocycles. The van der Waals surface area contributed by atoms with Crippen LogP contribution in [0.15, 0.2) is 0 Å². The SMILES string of the molecule is CCCCCCCCCCCCCCCCCC(=O)O[N+](C)(CC(O)CC)OC(=O)CCCCCCCCCCCCCCCCC.COS(=O)(=O)[O-]. The lowest BCUT2D eigenvalue weighted by molar-refractivity contribution is -1.21. The number of rotatable bonds is 38. The third kappa shape index (κ3) is 43.3. The Morgan fingerprint density at radius 1 is 0.528 bits per heavy atom. The summed E-state index contributed by atoms with van der Waals surface area (Å²) in [6.45, 7) is 6.45. The van der Waals surface area contributed by atoms with E-state index in [1.54, 1.807) is 7.05 Å². The maximum atomic E-state index is 12.6. The van der Waals surface area contributed by atoms with E-state index >= 15 is 0 Å². The first kappa shape index (κ1) is 53.8. The van der Waals surface area contributed by atoms with Gasteiger partial charge in [-0.15, -0.1) is 0 Å². The van der Waals surface area contributed by atoms with E-state index in [0.29, 0.717) is 19.3 Å². The van der Waals surface area contributed by atoms with Crippen LogP contribution in [0, 0.1) is 0 Å². The van der Waals surface area contributed by atoms with Gasteiger partial charge in [0.25, 0.3) is 0 Å². The van der Waals surface area contributed by atoms with E-state index in [1.165, 1.54) is 154 Å². The molecule has 0 saturated heterocycles. The fourth-order valence-electron chi connectivity index (χ4n) is 6.41. The monoisotopic (exact) mass is 780 g/mol. The molecule has 1 N–H and O–H groups in total. The quantitative estimate of drug-likeness (QED) is 0.0213. The number of hydrogen-bond acceptors (Lipinski definition) is 9. The maximum absolute atomic E-state index is 12.6. The average Bonchev–Trinajstić information content (AvgIpc) is 3.11. The number of nitrogens with zero attached hydrogens (tertiary/aromatic N) is 1. The summed E-state index contributed by atoms with van der Waals surface area (Å²) < 4.78 is 31.0. The molecule has 0 amide bonds. The van der Waals surface area contributed by atoms with Crippen LogP contribution in [0.1, 0.15) is 233 Å². The van der Waals surface area contributed by atoms with Gasteiger partial charge in [-0.2, -0.15) is 0 Å². The predicted octanol–water partition coefficient (Wildman–Crippen LogP) is 11.7. The van der Waals surface area contributed by atoms with Crippen LogP contribution in [0.3, 0.4) is 0 Å². The molecule has 0 aliphatic rings. The third-order valence-electron chi connectivity index (χ3n) is 9.78. The summed E-state index contributed by atoms with van der Waals surface area (Å²) in [5, 5.41) is 10.3. The van der Waals surface area contributed by atoms with Crippen LogP contribution < -0.4 is 0 Å². The van der Waals surface area contributed by atoms with Gasteiger partial charge in [-0.05, 0) is 19.3 Å². The van der Waals surface area contributed by atoms with E-state index in [2.05, 4.69) is 18.0 Å². The van der Waals surface area contributed by atoms with Gasteiger partial charge in [-0.1, -0.05) is 201 Å². The summed E-state index contributed by atoms with van der Waals surface area (Å²) in [5.74, 6) is -0.740. The molecule has 1 unspecified atom stereocenters. The van der Waals surface area contributed by atoms with E-state index in [0.717, 1.165) is 45.6 Å². The molecule has 0 radical (unpaired) electrons. The number of hydrogen-bond donors (Lipinski definition) is 1. The van der Waals surface area contributed by atoms with Crippen molar-refractivity contribution < 1.29 is 46.3 Å². The third-order valence-corrected chi connectivity index (χ3v) is 10.2. The first-order chi connectivity index (χ1) is 25.4. The van der Waals surface area contributed by atoms with Gasteiger partial charge < -0.3 is 9.66 Å². The van der Waals surface area contributed by atoms with Crippen molar-refractivity contribution in [3.63, 3.8) is 0 Å². The molecular formula is C42H85NO9S. The lowest BCUT2D eigenvalue weighted by atomic mass is 10.0. The molecule has 11 heteroatoms. The zero-order chi connectivity index (χ0) is 39.9. The summed E-state index contributed by atoms with van der Waals surface area (Å²) in [6.07, 6.45) is 38.7.